The summed E-state index contributed by atoms with van der Waals surface area (Å²) in [7, 11) is 3.32. The summed E-state index contributed by atoms with van der Waals surface area (Å²) < 4.78 is 10.8. The molecule has 1 saturated heterocycles. The zero-order valence-electron chi connectivity index (χ0n) is 18.4. The van der Waals surface area contributed by atoms with Crippen LogP contribution < -0.4 is 9.47 Å². The number of halogens is 1. The minimum absolute atomic E-state index is 0.102. The molecule has 32 heavy (non-hydrogen) atoms. The molecule has 1 aliphatic rings. The normalized spacial score (nSPS) is 14.4. The highest BCUT2D eigenvalue weighted by Crippen LogP contribution is 2.26. The third-order valence-electron chi connectivity index (χ3n) is 5.56. The lowest BCUT2D eigenvalue weighted by Gasteiger charge is -2.34. The van der Waals surface area contributed by atoms with Crippen LogP contribution in [-0.4, -0.2) is 71.1 Å². The van der Waals surface area contributed by atoms with Crippen molar-refractivity contribution in [2.45, 2.75) is 13.5 Å². The van der Waals surface area contributed by atoms with Gasteiger partial charge in [0.25, 0.3) is 5.91 Å². The first-order valence-electron chi connectivity index (χ1n) is 10.4. The van der Waals surface area contributed by atoms with Crippen molar-refractivity contribution in [3.63, 3.8) is 0 Å². The van der Waals surface area contributed by atoms with Crippen molar-refractivity contribution >= 4 is 17.5 Å². The second-order valence-electron chi connectivity index (χ2n) is 7.65. The van der Waals surface area contributed by atoms with Gasteiger partial charge in [0.2, 0.25) is 0 Å². The minimum atomic E-state index is -0.102. The van der Waals surface area contributed by atoms with Crippen molar-refractivity contribution < 1.29 is 14.3 Å². The molecule has 0 N–H and O–H groups in total. The monoisotopic (exact) mass is 455 g/mol. The summed E-state index contributed by atoms with van der Waals surface area (Å²) in [5.74, 6) is 1.53. The Bertz CT molecular complexity index is 1110. The molecule has 4 rings (SSSR count). The highest BCUT2D eigenvalue weighted by atomic mass is 35.5. The van der Waals surface area contributed by atoms with Crippen LogP contribution in [0.2, 0.25) is 5.02 Å². The Balaban J connectivity index is 1.41. The van der Waals surface area contributed by atoms with Crippen LogP contribution in [-0.2, 0) is 6.54 Å². The molecule has 1 fully saturated rings. The Hall–Kier alpha value is -3.10. The van der Waals surface area contributed by atoms with E-state index in [2.05, 4.69) is 15.1 Å². The van der Waals surface area contributed by atoms with Crippen LogP contribution in [0.15, 0.2) is 42.5 Å². The SMILES string of the molecule is COc1ccc(OC)c(CN2CCN(C(=O)c3nn(-c4cccc(Cl)c4)nc3C)CC2)c1. The second-order valence-corrected chi connectivity index (χ2v) is 8.09. The average Bonchev–Trinajstić information content (AvgIpc) is 3.20. The van der Waals surface area contributed by atoms with Gasteiger partial charge in [0.05, 0.1) is 25.6 Å². The molecule has 0 unspecified atom stereocenters. The molecule has 1 aromatic heterocycles. The molecule has 0 atom stereocenters. The molecule has 0 radical (unpaired) electrons. The standard InChI is InChI=1S/C23H26ClN5O3/c1-16-22(26-29(25-16)19-6-4-5-18(24)14-19)23(30)28-11-9-27(10-12-28)15-17-13-20(31-2)7-8-21(17)32-3/h4-8,13-14H,9-12,15H2,1-3H3. The molecule has 9 heteroatoms. The number of aromatic nitrogens is 3. The molecular weight excluding hydrogens is 430 g/mol. The van der Waals surface area contributed by atoms with Crippen molar-refractivity contribution in [1.82, 2.24) is 24.8 Å². The number of ether oxygens (including phenoxy) is 2. The Morgan fingerprint density at radius 1 is 1.03 bits per heavy atom. The number of hydrogen-bond acceptors (Lipinski definition) is 6. The first-order chi connectivity index (χ1) is 15.5. The Kier molecular flexibility index (Phi) is 6.62. The summed E-state index contributed by atoms with van der Waals surface area (Å²) in [5.41, 5.74) is 2.75. The van der Waals surface area contributed by atoms with Crippen LogP contribution in [0.4, 0.5) is 0 Å². The quantitative estimate of drug-likeness (QED) is 0.568. The van der Waals surface area contributed by atoms with Gasteiger partial charge in [-0.15, -0.1) is 5.10 Å². The number of amides is 1. The predicted octanol–water partition coefficient (Wildman–Crippen LogP) is 3.20. The molecule has 2 aromatic carbocycles. The lowest BCUT2D eigenvalue weighted by molar-refractivity contribution is 0.0620. The van der Waals surface area contributed by atoms with E-state index in [1.807, 2.05) is 35.2 Å². The number of aryl methyl sites for hydroxylation is 1. The summed E-state index contributed by atoms with van der Waals surface area (Å²) in [6.07, 6.45) is 0. The highest BCUT2D eigenvalue weighted by molar-refractivity contribution is 6.30. The molecule has 3 aromatic rings. The zero-order chi connectivity index (χ0) is 22.7. The van der Waals surface area contributed by atoms with Gasteiger partial charge in [-0.05, 0) is 43.3 Å². The van der Waals surface area contributed by atoms with E-state index in [9.17, 15) is 4.79 Å². The van der Waals surface area contributed by atoms with Crippen LogP contribution in [0.3, 0.4) is 0 Å². The number of hydrogen-bond donors (Lipinski definition) is 0. The van der Waals surface area contributed by atoms with Crippen molar-refractivity contribution in [3.8, 4) is 17.2 Å². The van der Waals surface area contributed by atoms with Crippen molar-refractivity contribution in [2.24, 2.45) is 0 Å². The van der Waals surface area contributed by atoms with Crippen LogP contribution >= 0.6 is 11.6 Å². The number of methoxy groups -OCH3 is 2. The summed E-state index contributed by atoms with van der Waals surface area (Å²) in [6.45, 7) is 5.28. The summed E-state index contributed by atoms with van der Waals surface area (Å²) >= 11 is 6.07. The molecule has 8 nitrogen and oxygen atoms in total. The molecule has 0 bridgehead atoms. The van der Waals surface area contributed by atoms with Gasteiger partial charge in [0, 0.05) is 43.3 Å². The van der Waals surface area contributed by atoms with E-state index in [-0.39, 0.29) is 5.91 Å². The van der Waals surface area contributed by atoms with E-state index >= 15 is 0 Å². The van der Waals surface area contributed by atoms with Crippen LogP contribution in [0.25, 0.3) is 5.69 Å². The van der Waals surface area contributed by atoms with Gasteiger partial charge in [0.15, 0.2) is 5.69 Å². The predicted molar refractivity (Wildman–Crippen MR) is 122 cm³/mol. The van der Waals surface area contributed by atoms with Crippen LogP contribution in [0, 0.1) is 6.92 Å². The molecule has 1 amide bonds. The summed E-state index contributed by atoms with van der Waals surface area (Å²) in [5, 5.41) is 9.44. The average molecular weight is 456 g/mol. The van der Waals surface area contributed by atoms with Gasteiger partial charge < -0.3 is 14.4 Å². The molecule has 168 valence electrons. The maximum absolute atomic E-state index is 13.1. The lowest BCUT2D eigenvalue weighted by Crippen LogP contribution is -2.48. The number of rotatable bonds is 6. The highest BCUT2D eigenvalue weighted by Gasteiger charge is 2.26. The topological polar surface area (TPSA) is 72.7 Å². The third-order valence-corrected chi connectivity index (χ3v) is 5.80. The minimum Gasteiger partial charge on any atom is -0.497 e. The number of piperazine rings is 1. The van der Waals surface area contributed by atoms with Crippen molar-refractivity contribution in [3.05, 3.63) is 64.4 Å². The van der Waals surface area contributed by atoms with Gasteiger partial charge in [0.1, 0.15) is 11.5 Å². The lowest BCUT2D eigenvalue weighted by atomic mass is 10.1. The van der Waals surface area contributed by atoms with Gasteiger partial charge in [-0.2, -0.15) is 9.90 Å². The molecule has 2 heterocycles. The van der Waals surface area contributed by atoms with Crippen LogP contribution in [0.5, 0.6) is 11.5 Å². The fraction of sp³-hybridized carbons (Fsp3) is 0.348. The van der Waals surface area contributed by atoms with Crippen molar-refractivity contribution in [2.75, 3.05) is 40.4 Å². The van der Waals surface area contributed by atoms with E-state index in [4.69, 9.17) is 21.1 Å². The maximum atomic E-state index is 13.1. The van der Waals surface area contributed by atoms with E-state index < -0.39 is 0 Å². The molecule has 0 spiro atoms. The summed E-state index contributed by atoms with van der Waals surface area (Å²) in [6, 6.07) is 13.0. The first kappa shape index (κ1) is 22.1. The van der Waals surface area contributed by atoms with Gasteiger partial charge in [-0.1, -0.05) is 17.7 Å². The van der Waals surface area contributed by atoms with E-state index in [0.29, 0.717) is 29.5 Å². The van der Waals surface area contributed by atoms with Gasteiger partial charge in [-0.25, -0.2) is 0 Å². The first-order valence-corrected chi connectivity index (χ1v) is 10.8. The second kappa shape index (κ2) is 9.58. The molecular formula is C23H26ClN5O3. The number of benzene rings is 2. The van der Waals surface area contributed by atoms with E-state index in [0.717, 1.165) is 42.4 Å². The van der Waals surface area contributed by atoms with Crippen molar-refractivity contribution in [1.29, 1.82) is 0 Å². The number of carbonyl (C=O) groups is 1. The molecule has 0 saturated carbocycles. The van der Waals surface area contributed by atoms with Crippen LogP contribution in [0.1, 0.15) is 21.7 Å². The smallest absolute Gasteiger partial charge is 0.276 e. The van der Waals surface area contributed by atoms with Gasteiger partial charge in [-0.3, -0.25) is 9.69 Å². The fourth-order valence-corrected chi connectivity index (χ4v) is 3.98. The Morgan fingerprint density at radius 2 is 1.81 bits per heavy atom. The fourth-order valence-electron chi connectivity index (χ4n) is 3.80. The number of carbonyl (C=O) groups excluding carboxylic acids is 1. The van der Waals surface area contributed by atoms with E-state index in [1.165, 1.54) is 4.80 Å². The Morgan fingerprint density at radius 3 is 2.50 bits per heavy atom. The maximum Gasteiger partial charge on any atom is 0.276 e. The number of nitrogens with zero attached hydrogens (tertiary/aromatic N) is 5. The Labute approximate surface area is 192 Å². The third kappa shape index (κ3) is 4.71. The molecule has 1 aliphatic heterocycles. The molecule has 0 aliphatic carbocycles. The summed E-state index contributed by atoms with van der Waals surface area (Å²) in [4.78, 5) is 18.7. The zero-order valence-corrected chi connectivity index (χ0v) is 19.2. The largest absolute Gasteiger partial charge is 0.497 e. The van der Waals surface area contributed by atoms with Gasteiger partial charge >= 0.3 is 0 Å². The van der Waals surface area contributed by atoms with E-state index in [1.54, 1.807) is 33.3 Å².